The number of nitrogen functional groups attached to an aromatic ring is 2. The third-order valence-electron chi connectivity index (χ3n) is 1.85. The molecule has 0 fully saturated rings. The number of aromatic nitrogens is 3. The quantitative estimate of drug-likeness (QED) is 0.787. The number of hydrogen-bond donors (Lipinski definition) is 2. The highest BCUT2D eigenvalue weighted by Crippen LogP contribution is 2.29. The van der Waals surface area contributed by atoms with E-state index in [9.17, 15) is 0 Å². The number of nitrogens with zero attached hydrogens (tertiary/aromatic N) is 3. The van der Waals surface area contributed by atoms with Gasteiger partial charge in [0.15, 0.2) is 0 Å². The summed E-state index contributed by atoms with van der Waals surface area (Å²) in [4.78, 5) is 12.0. The van der Waals surface area contributed by atoms with E-state index in [4.69, 9.17) is 23.1 Å². The second-order valence-corrected chi connectivity index (χ2v) is 4.17. The van der Waals surface area contributed by atoms with Crippen LogP contribution in [0.1, 0.15) is 0 Å². The van der Waals surface area contributed by atoms with Crippen molar-refractivity contribution in [1.29, 1.82) is 0 Å². The van der Waals surface area contributed by atoms with Crippen molar-refractivity contribution in [2.75, 3.05) is 11.5 Å². The van der Waals surface area contributed by atoms with Crippen molar-refractivity contribution in [3.63, 3.8) is 0 Å². The van der Waals surface area contributed by atoms with Gasteiger partial charge in [-0.15, -0.1) is 0 Å². The van der Waals surface area contributed by atoms with Crippen LogP contribution in [0.5, 0.6) is 0 Å². The van der Waals surface area contributed by atoms with E-state index in [2.05, 4.69) is 30.9 Å². The summed E-state index contributed by atoms with van der Waals surface area (Å²) in [5, 5.41) is 0.250. The molecule has 16 heavy (non-hydrogen) atoms. The summed E-state index contributed by atoms with van der Waals surface area (Å²) in [6, 6.07) is 5.38. The monoisotopic (exact) mass is 299 g/mol. The van der Waals surface area contributed by atoms with Gasteiger partial charge in [-0.1, -0.05) is 17.7 Å². The Balaban J connectivity index is 2.64. The van der Waals surface area contributed by atoms with Crippen LogP contribution in [0.25, 0.3) is 11.4 Å². The van der Waals surface area contributed by atoms with Gasteiger partial charge in [0, 0.05) is 0 Å². The number of nitrogens with two attached hydrogens (primary N) is 2. The van der Waals surface area contributed by atoms with E-state index in [0.29, 0.717) is 16.0 Å². The number of anilines is 2. The molecule has 2 aromatic heterocycles. The summed E-state index contributed by atoms with van der Waals surface area (Å²) in [5.74, 6) is 0.213. The highest BCUT2D eigenvalue weighted by Gasteiger charge is 2.12. The molecule has 0 bridgehead atoms. The first-order valence-electron chi connectivity index (χ1n) is 4.29. The fourth-order valence-corrected chi connectivity index (χ4v) is 1.72. The van der Waals surface area contributed by atoms with Crippen LogP contribution >= 0.6 is 27.5 Å². The van der Waals surface area contributed by atoms with E-state index in [0.717, 1.165) is 0 Å². The molecule has 0 aliphatic rings. The minimum absolute atomic E-state index is 0.0682. The van der Waals surface area contributed by atoms with E-state index in [1.165, 1.54) is 0 Å². The minimum Gasteiger partial charge on any atom is -0.382 e. The molecule has 0 aliphatic heterocycles. The van der Waals surface area contributed by atoms with Crippen LogP contribution in [0.15, 0.2) is 22.8 Å². The van der Waals surface area contributed by atoms with E-state index in [-0.39, 0.29) is 16.8 Å². The molecule has 82 valence electrons. The summed E-state index contributed by atoms with van der Waals surface area (Å²) >= 11 is 9.25. The smallest absolute Gasteiger partial charge is 0.222 e. The Labute approximate surface area is 105 Å². The second-order valence-electron chi connectivity index (χ2n) is 2.98. The first-order chi connectivity index (χ1) is 7.58. The van der Waals surface area contributed by atoms with Crippen LogP contribution in [-0.2, 0) is 0 Å². The standard InChI is InChI=1S/C9H7BrClN5/c10-5-3-1-2-4(14-5)7-6(11)8(12)16-9(13)15-7/h1-3H,(H4,12,13,15,16). The molecule has 0 atom stereocenters. The van der Waals surface area contributed by atoms with Gasteiger partial charge in [-0.2, -0.15) is 4.98 Å². The molecule has 4 N–H and O–H groups in total. The molecule has 0 saturated heterocycles. The van der Waals surface area contributed by atoms with Crippen LogP contribution in [0.3, 0.4) is 0 Å². The normalized spacial score (nSPS) is 10.4. The van der Waals surface area contributed by atoms with E-state index >= 15 is 0 Å². The van der Waals surface area contributed by atoms with Gasteiger partial charge in [-0.05, 0) is 28.1 Å². The van der Waals surface area contributed by atoms with Crippen molar-refractivity contribution in [2.24, 2.45) is 0 Å². The molecule has 0 radical (unpaired) electrons. The van der Waals surface area contributed by atoms with Crippen molar-refractivity contribution in [3.05, 3.63) is 27.8 Å². The number of halogens is 2. The van der Waals surface area contributed by atoms with Gasteiger partial charge in [-0.3, -0.25) is 0 Å². The first-order valence-corrected chi connectivity index (χ1v) is 5.46. The Hall–Kier alpha value is -1.40. The predicted molar refractivity (Wildman–Crippen MR) is 66.8 cm³/mol. The van der Waals surface area contributed by atoms with Crippen LogP contribution in [0, 0.1) is 0 Å². The molecule has 0 unspecified atom stereocenters. The average molecular weight is 301 g/mol. The molecule has 2 rings (SSSR count). The van der Waals surface area contributed by atoms with Crippen LogP contribution in [0.2, 0.25) is 5.02 Å². The zero-order valence-corrected chi connectivity index (χ0v) is 10.3. The Kier molecular flexibility index (Phi) is 2.93. The average Bonchev–Trinajstić information content (AvgIpc) is 2.23. The third-order valence-corrected chi connectivity index (χ3v) is 2.67. The summed E-state index contributed by atoms with van der Waals surface area (Å²) in [5.41, 5.74) is 12.1. The summed E-state index contributed by atoms with van der Waals surface area (Å²) in [6.45, 7) is 0. The fraction of sp³-hybridized carbons (Fsp3) is 0. The Morgan fingerprint density at radius 1 is 1.12 bits per heavy atom. The van der Waals surface area contributed by atoms with Crippen molar-refractivity contribution in [1.82, 2.24) is 15.0 Å². The lowest BCUT2D eigenvalue weighted by Gasteiger charge is -2.05. The van der Waals surface area contributed by atoms with Crippen molar-refractivity contribution >= 4 is 39.3 Å². The van der Waals surface area contributed by atoms with Gasteiger partial charge in [-0.25, -0.2) is 9.97 Å². The van der Waals surface area contributed by atoms with Crippen LogP contribution in [0.4, 0.5) is 11.8 Å². The van der Waals surface area contributed by atoms with Crippen molar-refractivity contribution in [2.45, 2.75) is 0 Å². The van der Waals surface area contributed by atoms with E-state index in [1.807, 2.05) is 6.07 Å². The maximum atomic E-state index is 5.99. The van der Waals surface area contributed by atoms with Crippen molar-refractivity contribution in [3.8, 4) is 11.4 Å². The summed E-state index contributed by atoms with van der Waals surface area (Å²) in [7, 11) is 0. The lowest BCUT2D eigenvalue weighted by molar-refractivity contribution is 1.17. The topological polar surface area (TPSA) is 90.7 Å². The predicted octanol–water partition coefficient (Wildman–Crippen LogP) is 2.12. The second kappa shape index (κ2) is 4.23. The zero-order valence-electron chi connectivity index (χ0n) is 7.98. The zero-order chi connectivity index (χ0) is 11.7. The van der Waals surface area contributed by atoms with Crippen LogP contribution in [-0.4, -0.2) is 15.0 Å². The molecule has 2 heterocycles. The molecular weight excluding hydrogens is 293 g/mol. The summed E-state index contributed by atoms with van der Waals surface area (Å²) < 4.78 is 0.678. The largest absolute Gasteiger partial charge is 0.382 e. The van der Waals surface area contributed by atoms with E-state index < -0.39 is 0 Å². The van der Waals surface area contributed by atoms with Gasteiger partial charge >= 0.3 is 0 Å². The third kappa shape index (κ3) is 2.07. The molecule has 2 aromatic rings. The lowest BCUT2D eigenvalue weighted by Crippen LogP contribution is -2.03. The molecule has 0 spiro atoms. The molecule has 0 amide bonds. The van der Waals surface area contributed by atoms with Crippen LogP contribution < -0.4 is 11.5 Å². The van der Waals surface area contributed by atoms with E-state index in [1.54, 1.807) is 12.1 Å². The Bertz CT molecular complexity index is 545. The molecule has 0 aromatic carbocycles. The fourth-order valence-electron chi connectivity index (χ4n) is 1.19. The lowest BCUT2D eigenvalue weighted by atomic mass is 10.2. The van der Waals surface area contributed by atoms with Gasteiger partial charge in [0.05, 0.1) is 5.69 Å². The highest BCUT2D eigenvalue weighted by molar-refractivity contribution is 9.10. The van der Waals surface area contributed by atoms with Gasteiger partial charge in [0.1, 0.15) is 21.1 Å². The van der Waals surface area contributed by atoms with Crippen molar-refractivity contribution < 1.29 is 0 Å². The summed E-state index contributed by atoms with van der Waals surface area (Å²) in [6.07, 6.45) is 0. The van der Waals surface area contributed by atoms with Gasteiger partial charge < -0.3 is 11.5 Å². The Morgan fingerprint density at radius 2 is 1.88 bits per heavy atom. The Morgan fingerprint density at radius 3 is 2.56 bits per heavy atom. The SMILES string of the molecule is Nc1nc(N)c(Cl)c(-c2cccc(Br)n2)n1. The molecule has 7 heteroatoms. The first kappa shape index (κ1) is 11.1. The molecule has 5 nitrogen and oxygen atoms in total. The molecular formula is C9H7BrClN5. The maximum Gasteiger partial charge on any atom is 0.222 e. The number of rotatable bonds is 1. The minimum atomic E-state index is 0.0682. The molecule has 0 saturated carbocycles. The number of pyridine rings is 1. The molecule has 0 aliphatic carbocycles. The number of hydrogen-bond acceptors (Lipinski definition) is 5. The highest BCUT2D eigenvalue weighted by atomic mass is 79.9. The van der Waals surface area contributed by atoms with Gasteiger partial charge in [0.2, 0.25) is 5.95 Å². The maximum absolute atomic E-state index is 5.99. The van der Waals surface area contributed by atoms with Gasteiger partial charge in [0.25, 0.3) is 0 Å².